The molecule has 0 radical (unpaired) electrons. The lowest BCUT2D eigenvalue weighted by atomic mass is 10.0. The number of benzene rings is 4. The van der Waals surface area contributed by atoms with Crippen LogP contribution in [-0.2, 0) is 4.79 Å². The van der Waals surface area contributed by atoms with Crippen LogP contribution < -0.4 is 10.2 Å². The number of hydrogen-bond donors (Lipinski definition) is 1. The molecule has 5 nitrogen and oxygen atoms in total. The Balaban J connectivity index is 1.41. The van der Waals surface area contributed by atoms with Gasteiger partial charge in [-0.2, -0.15) is 0 Å². The van der Waals surface area contributed by atoms with Gasteiger partial charge >= 0.3 is 0 Å². The average molecular weight is 571 g/mol. The van der Waals surface area contributed by atoms with Gasteiger partial charge < -0.3 is 4.74 Å². The second-order valence-electron chi connectivity index (χ2n) is 8.37. The van der Waals surface area contributed by atoms with E-state index in [9.17, 15) is 9.59 Å². The van der Waals surface area contributed by atoms with Gasteiger partial charge in [-0.3, -0.25) is 15.0 Å². The van der Waals surface area contributed by atoms with Gasteiger partial charge in [0.1, 0.15) is 11.1 Å². The van der Waals surface area contributed by atoms with Gasteiger partial charge in [-0.05, 0) is 64.7 Å². The van der Waals surface area contributed by atoms with Gasteiger partial charge in [0.25, 0.3) is 11.8 Å². The van der Waals surface area contributed by atoms with Crippen molar-refractivity contribution >= 4 is 45.6 Å². The van der Waals surface area contributed by atoms with Crippen LogP contribution in [0.2, 0.25) is 0 Å². The number of methoxy groups -OCH3 is 1. The Morgan fingerprint density at radius 1 is 0.919 bits per heavy atom. The van der Waals surface area contributed by atoms with E-state index < -0.39 is 5.37 Å². The highest BCUT2D eigenvalue weighted by atomic mass is 79.9. The minimum Gasteiger partial charge on any atom is -0.497 e. The van der Waals surface area contributed by atoms with Crippen molar-refractivity contribution in [2.24, 2.45) is 0 Å². The molecule has 1 N–H and O–H groups in total. The summed E-state index contributed by atoms with van der Waals surface area (Å²) in [5.74, 6) is 0.131. The second kappa shape index (κ2) is 11.1. The second-order valence-corrected chi connectivity index (χ2v) is 10.4. The molecule has 4 aromatic rings. The number of rotatable bonds is 6. The number of hydrogen-bond acceptors (Lipinski definition) is 4. The number of ether oxygens (including phenoxy) is 1. The van der Waals surface area contributed by atoms with Crippen LogP contribution in [0.15, 0.2) is 113 Å². The minimum absolute atomic E-state index is 0.264. The van der Waals surface area contributed by atoms with E-state index in [4.69, 9.17) is 4.74 Å². The fourth-order valence-corrected chi connectivity index (χ4v) is 5.60. The van der Waals surface area contributed by atoms with E-state index in [1.165, 1.54) is 16.8 Å². The highest BCUT2D eigenvalue weighted by Gasteiger charge is 2.38. The van der Waals surface area contributed by atoms with Crippen molar-refractivity contribution in [2.45, 2.75) is 5.37 Å². The van der Waals surface area contributed by atoms with Crippen molar-refractivity contribution in [1.29, 1.82) is 0 Å². The summed E-state index contributed by atoms with van der Waals surface area (Å²) in [7, 11) is 1.61. The van der Waals surface area contributed by atoms with Crippen LogP contribution >= 0.6 is 27.7 Å². The molecule has 4 aromatic carbocycles. The van der Waals surface area contributed by atoms with E-state index in [0.717, 1.165) is 32.5 Å². The van der Waals surface area contributed by atoms with Gasteiger partial charge in [0, 0.05) is 10.0 Å². The molecular weight excluding hydrogens is 548 g/mol. The average Bonchev–Trinajstić information content (AvgIpc) is 3.24. The van der Waals surface area contributed by atoms with Crippen LogP contribution in [0.25, 0.3) is 17.2 Å². The van der Waals surface area contributed by atoms with E-state index in [0.29, 0.717) is 10.5 Å². The standard InChI is InChI=1S/C30H23BrN2O3S/c1-36-26-16-10-20(11-17-26)18-27-29(35)33(30(37-27)24-8-5-9-25(31)19-24)32-28(34)23-14-12-22(13-15-23)21-6-3-2-4-7-21/h2-19,30H,1H3,(H,32,34)/b27-18-. The predicted octanol–water partition coefficient (Wildman–Crippen LogP) is 7.08. The third kappa shape index (κ3) is 5.63. The van der Waals surface area contributed by atoms with Crippen LogP contribution in [0.5, 0.6) is 5.75 Å². The van der Waals surface area contributed by atoms with Crippen molar-refractivity contribution in [1.82, 2.24) is 10.4 Å². The lowest BCUT2D eigenvalue weighted by Gasteiger charge is -2.24. The number of hydrazine groups is 1. The molecular formula is C30H23BrN2O3S. The molecule has 0 aliphatic carbocycles. The van der Waals surface area contributed by atoms with Gasteiger partial charge in [-0.25, -0.2) is 5.01 Å². The molecule has 0 aromatic heterocycles. The SMILES string of the molecule is COc1ccc(/C=C2\SC(c3cccc(Br)c3)N(NC(=O)c3ccc(-c4ccccc4)cc3)C2=O)cc1. The molecule has 184 valence electrons. The van der Waals surface area contributed by atoms with Crippen molar-refractivity contribution in [3.05, 3.63) is 129 Å². The van der Waals surface area contributed by atoms with Crippen LogP contribution in [0.1, 0.15) is 26.9 Å². The summed E-state index contributed by atoms with van der Waals surface area (Å²) < 4.78 is 6.13. The Bertz CT molecular complexity index is 1450. The maximum atomic E-state index is 13.5. The Labute approximate surface area is 228 Å². The number of nitrogens with zero attached hydrogens (tertiary/aromatic N) is 1. The lowest BCUT2D eigenvalue weighted by molar-refractivity contribution is -0.128. The third-order valence-electron chi connectivity index (χ3n) is 5.93. The molecule has 1 saturated heterocycles. The summed E-state index contributed by atoms with van der Waals surface area (Å²) in [6.07, 6.45) is 1.83. The van der Waals surface area contributed by atoms with Crippen LogP contribution in [0.4, 0.5) is 0 Å². The number of carbonyl (C=O) groups is 2. The van der Waals surface area contributed by atoms with Crippen LogP contribution in [0, 0.1) is 0 Å². The van der Waals surface area contributed by atoms with Crippen molar-refractivity contribution in [3.63, 3.8) is 0 Å². The first-order valence-corrected chi connectivity index (χ1v) is 13.3. The summed E-state index contributed by atoms with van der Waals surface area (Å²) in [6, 6.07) is 32.5. The van der Waals surface area contributed by atoms with E-state index in [2.05, 4.69) is 21.4 Å². The van der Waals surface area contributed by atoms with Crippen molar-refractivity contribution in [3.8, 4) is 16.9 Å². The van der Waals surface area contributed by atoms with E-state index in [-0.39, 0.29) is 11.8 Å². The minimum atomic E-state index is -0.415. The number of thioether (sulfide) groups is 1. The topological polar surface area (TPSA) is 58.6 Å². The molecule has 5 rings (SSSR count). The number of halogens is 1. The molecule has 1 unspecified atom stereocenters. The van der Waals surface area contributed by atoms with Gasteiger partial charge in [-0.1, -0.05) is 94.4 Å². The molecule has 0 saturated carbocycles. The molecule has 2 amide bonds. The van der Waals surface area contributed by atoms with Gasteiger partial charge in [0.15, 0.2) is 0 Å². The largest absolute Gasteiger partial charge is 0.497 e. The van der Waals surface area contributed by atoms with Crippen molar-refractivity contribution < 1.29 is 14.3 Å². The Hall–Kier alpha value is -3.81. The molecule has 0 spiro atoms. The molecule has 1 fully saturated rings. The zero-order valence-corrected chi connectivity index (χ0v) is 22.3. The maximum absolute atomic E-state index is 13.5. The fraction of sp³-hybridized carbons (Fsp3) is 0.0667. The third-order valence-corrected chi connectivity index (χ3v) is 7.67. The summed E-state index contributed by atoms with van der Waals surface area (Å²) in [5, 5.41) is 0.997. The quantitative estimate of drug-likeness (QED) is 0.251. The summed E-state index contributed by atoms with van der Waals surface area (Å²) >= 11 is 4.91. The van der Waals surface area contributed by atoms with E-state index in [1.807, 2.05) is 97.1 Å². The summed E-state index contributed by atoms with van der Waals surface area (Å²) in [4.78, 5) is 27.2. The van der Waals surface area contributed by atoms with Gasteiger partial charge in [-0.15, -0.1) is 0 Å². The first-order valence-electron chi connectivity index (χ1n) is 11.6. The highest BCUT2D eigenvalue weighted by Crippen LogP contribution is 2.45. The first kappa shape index (κ1) is 24.9. The molecule has 1 aliphatic rings. The number of amides is 2. The summed E-state index contributed by atoms with van der Waals surface area (Å²) in [6.45, 7) is 0. The normalized spacial score (nSPS) is 16.2. The first-order chi connectivity index (χ1) is 18.0. The van der Waals surface area contributed by atoms with E-state index >= 15 is 0 Å². The molecule has 1 aliphatic heterocycles. The molecule has 0 bridgehead atoms. The zero-order valence-electron chi connectivity index (χ0n) is 19.9. The Kier molecular flexibility index (Phi) is 7.44. The number of carbonyl (C=O) groups excluding carboxylic acids is 2. The smallest absolute Gasteiger partial charge is 0.280 e. The van der Waals surface area contributed by atoms with E-state index in [1.54, 1.807) is 19.2 Å². The molecule has 1 atom stereocenters. The maximum Gasteiger partial charge on any atom is 0.280 e. The highest BCUT2D eigenvalue weighted by molar-refractivity contribution is 9.10. The monoisotopic (exact) mass is 570 g/mol. The predicted molar refractivity (Wildman–Crippen MR) is 152 cm³/mol. The fourth-order valence-electron chi connectivity index (χ4n) is 4.00. The number of nitrogens with one attached hydrogen (secondary N) is 1. The van der Waals surface area contributed by atoms with Crippen molar-refractivity contribution in [2.75, 3.05) is 7.11 Å². The summed E-state index contributed by atoms with van der Waals surface area (Å²) in [5.41, 5.74) is 7.18. The Morgan fingerprint density at radius 2 is 1.62 bits per heavy atom. The molecule has 37 heavy (non-hydrogen) atoms. The van der Waals surface area contributed by atoms with Gasteiger partial charge in [0.2, 0.25) is 0 Å². The van der Waals surface area contributed by atoms with Crippen LogP contribution in [-0.4, -0.2) is 23.9 Å². The lowest BCUT2D eigenvalue weighted by Crippen LogP contribution is -2.44. The Morgan fingerprint density at radius 3 is 2.30 bits per heavy atom. The van der Waals surface area contributed by atoms with Gasteiger partial charge in [0.05, 0.1) is 12.0 Å². The van der Waals surface area contributed by atoms with Crippen LogP contribution in [0.3, 0.4) is 0 Å². The molecule has 1 heterocycles. The zero-order chi connectivity index (χ0) is 25.8. The molecule has 7 heteroatoms.